The Kier molecular flexibility index (Phi) is 4.45. The maximum Gasteiger partial charge on any atom is 0.257 e. The molecule has 2 heterocycles. The van der Waals surface area contributed by atoms with Crippen LogP contribution in [0.4, 0.5) is 5.69 Å². The van der Waals surface area contributed by atoms with E-state index in [9.17, 15) is 4.79 Å². The number of hydrogen-bond acceptors (Lipinski definition) is 4. The average Bonchev–Trinajstić information content (AvgIpc) is 3.18. The summed E-state index contributed by atoms with van der Waals surface area (Å²) in [4.78, 5) is 19.9. The number of anilines is 1. The number of methoxy groups -OCH3 is 1. The molecule has 2 N–H and O–H groups in total. The molecule has 4 aromatic rings. The molecule has 0 aliphatic heterocycles. The van der Waals surface area contributed by atoms with Crippen LogP contribution in [0.15, 0.2) is 73.1 Å². The number of hydrogen-bond donors (Lipinski definition) is 2. The maximum absolute atomic E-state index is 12.6. The molecule has 0 saturated heterocycles. The third kappa shape index (κ3) is 3.59. The highest BCUT2D eigenvalue weighted by Crippen LogP contribution is 2.25. The lowest BCUT2D eigenvalue weighted by molar-refractivity contribution is 0.102. The molecule has 4 rings (SSSR count). The first-order valence-corrected chi connectivity index (χ1v) is 8.38. The lowest BCUT2D eigenvalue weighted by atomic mass is 10.1. The van der Waals surface area contributed by atoms with E-state index < -0.39 is 0 Å². The number of aromatic nitrogens is 2. The second kappa shape index (κ2) is 7.21. The van der Waals surface area contributed by atoms with Gasteiger partial charge in [-0.2, -0.15) is 0 Å². The van der Waals surface area contributed by atoms with Crippen molar-refractivity contribution < 1.29 is 14.3 Å². The quantitative estimate of drug-likeness (QED) is 0.545. The number of benzene rings is 2. The lowest BCUT2D eigenvalue weighted by Gasteiger charge is -2.08. The molecule has 0 unspecified atom stereocenters. The molecular formula is C21H17N3O3. The Morgan fingerprint density at radius 1 is 1.04 bits per heavy atom. The van der Waals surface area contributed by atoms with Crippen LogP contribution in [-0.2, 0) is 0 Å². The molecule has 6 nitrogen and oxygen atoms in total. The van der Waals surface area contributed by atoms with Crippen LogP contribution < -0.4 is 14.8 Å². The van der Waals surface area contributed by atoms with Gasteiger partial charge in [-0.25, -0.2) is 4.98 Å². The number of carbonyl (C=O) groups excluding carboxylic acids is 1. The third-order valence-electron chi connectivity index (χ3n) is 4.09. The standard InChI is InChI=1S/C21H17N3O3/c1-26-16-5-3-6-17(12-16)27-19-9-8-15(13-23-19)24-21(25)18-7-2-4-14-10-11-22-20(14)18/h2-13,22H,1H3,(H,24,25). The Bertz CT molecular complexity index is 1090. The van der Waals surface area contributed by atoms with Gasteiger partial charge in [0.05, 0.1) is 30.1 Å². The number of amides is 1. The van der Waals surface area contributed by atoms with Crippen molar-refractivity contribution >= 4 is 22.5 Å². The minimum atomic E-state index is -0.202. The molecule has 0 aliphatic carbocycles. The molecule has 0 radical (unpaired) electrons. The number of nitrogens with zero attached hydrogens (tertiary/aromatic N) is 1. The fourth-order valence-electron chi connectivity index (χ4n) is 2.77. The summed E-state index contributed by atoms with van der Waals surface area (Å²) in [5, 5.41) is 3.84. The number of nitrogens with one attached hydrogen (secondary N) is 2. The van der Waals surface area contributed by atoms with E-state index in [-0.39, 0.29) is 5.91 Å². The van der Waals surface area contributed by atoms with Crippen LogP contribution in [0.5, 0.6) is 17.4 Å². The fraction of sp³-hybridized carbons (Fsp3) is 0.0476. The summed E-state index contributed by atoms with van der Waals surface area (Å²) in [6.45, 7) is 0. The first-order valence-electron chi connectivity index (χ1n) is 8.38. The monoisotopic (exact) mass is 359 g/mol. The summed E-state index contributed by atoms with van der Waals surface area (Å²) in [6.07, 6.45) is 3.37. The minimum Gasteiger partial charge on any atom is -0.497 e. The molecule has 27 heavy (non-hydrogen) atoms. The molecule has 1 amide bonds. The Morgan fingerprint density at radius 2 is 1.89 bits per heavy atom. The molecular weight excluding hydrogens is 342 g/mol. The summed E-state index contributed by atoms with van der Waals surface area (Å²) in [7, 11) is 1.60. The van der Waals surface area contributed by atoms with Crippen molar-refractivity contribution in [3.63, 3.8) is 0 Å². The van der Waals surface area contributed by atoms with Crippen molar-refractivity contribution in [3.8, 4) is 17.4 Å². The fourth-order valence-corrected chi connectivity index (χ4v) is 2.77. The smallest absolute Gasteiger partial charge is 0.257 e. The molecule has 0 spiro atoms. The van der Waals surface area contributed by atoms with Gasteiger partial charge in [0, 0.05) is 23.7 Å². The largest absolute Gasteiger partial charge is 0.497 e. The van der Waals surface area contributed by atoms with Crippen molar-refractivity contribution in [2.45, 2.75) is 0 Å². The van der Waals surface area contributed by atoms with Gasteiger partial charge in [-0.15, -0.1) is 0 Å². The Labute approximate surface area is 155 Å². The van der Waals surface area contributed by atoms with Gasteiger partial charge in [0.25, 0.3) is 5.91 Å². The highest BCUT2D eigenvalue weighted by atomic mass is 16.5. The van der Waals surface area contributed by atoms with Gasteiger partial charge < -0.3 is 19.8 Å². The normalized spacial score (nSPS) is 10.6. The molecule has 134 valence electrons. The van der Waals surface area contributed by atoms with Crippen LogP contribution in [0.2, 0.25) is 0 Å². The molecule has 2 aromatic carbocycles. The van der Waals surface area contributed by atoms with Crippen molar-refractivity contribution in [1.82, 2.24) is 9.97 Å². The maximum atomic E-state index is 12.6. The van der Waals surface area contributed by atoms with E-state index in [1.807, 2.05) is 42.6 Å². The molecule has 0 aliphatic rings. The molecule has 0 atom stereocenters. The van der Waals surface area contributed by atoms with E-state index in [1.165, 1.54) is 0 Å². The third-order valence-corrected chi connectivity index (χ3v) is 4.09. The predicted octanol–water partition coefficient (Wildman–Crippen LogP) is 4.62. The Hall–Kier alpha value is -3.80. The summed E-state index contributed by atoms with van der Waals surface area (Å²) in [6, 6.07) is 18.2. The lowest BCUT2D eigenvalue weighted by Crippen LogP contribution is -2.12. The number of fused-ring (bicyclic) bond motifs is 1. The first-order chi connectivity index (χ1) is 13.2. The molecule has 0 saturated carbocycles. The number of H-pyrrole nitrogens is 1. The topological polar surface area (TPSA) is 76.2 Å². The van der Waals surface area contributed by atoms with E-state index in [4.69, 9.17) is 9.47 Å². The van der Waals surface area contributed by atoms with Gasteiger partial charge in [-0.3, -0.25) is 4.79 Å². The van der Waals surface area contributed by atoms with E-state index in [0.717, 1.165) is 10.9 Å². The number of carbonyl (C=O) groups is 1. The number of para-hydroxylation sites is 1. The van der Waals surface area contributed by atoms with Crippen LogP contribution in [0.1, 0.15) is 10.4 Å². The Morgan fingerprint density at radius 3 is 2.70 bits per heavy atom. The van der Waals surface area contributed by atoms with Gasteiger partial charge in [0.2, 0.25) is 5.88 Å². The van der Waals surface area contributed by atoms with Gasteiger partial charge >= 0.3 is 0 Å². The van der Waals surface area contributed by atoms with Crippen molar-refractivity contribution in [3.05, 3.63) is 78.6 Å². The van der Waals surface area contributed by atoms with Gasteiger partial charge in [0.15, 0.2) is 0 Å². The number of rotatable bonds is 5. The molecule has 0 fully saturated rings. The molecule has 2 aromatic heterocycles. The Balaban J connectivity index is 1.47. The molecule has 0 bridgehead atoms. The van der Waals surface area contributed by atoms with E-state index >= 15 is 0 Å². The van der Waals surface area contributed by atoms with Crippen molar-refractivity contribution in [1.29, 1.82) is 0 Å². The van der Waals surface area contributed by atoms with Crippen LogP contribution >= 0.6 is 0 Å². The zero-order valence-corrected chi connectivity index (χ0v) is 14.6. The zero-order chi connectivity index (χ0) is 18.6. The average molecular weight is 359 g/mol. The van der Waals surface area contributed by atoms with Gasteiger partial charge in [0.1, 0.15) is 11.5 Å². The first kappa shape index (κ1) is 16.7. The number of pyridine rings is 1. The summed E-state index contributed by atoms with van der Waals surface area (Å²) >= 11 is 0. The van der Waals surface area contributed by atoms with Crippen molar-refractivity contribution in [2.24, 2.45) is 0 Å². The summed E-state index contributed by atoms with van der Waals surface area (Å²) in [5.74, 6) is 1.55. The van der Waals surface area contributed by atoms with Crippen LogP contribution in [-0.4, -0.2) is 23.0 Å². The van der Waals surface area contributed by atoms with Crippen LogP contribution in [0, 0.1) is 0 Å². The minimum absolute atomic E-state index is 0.202. The second-order valence-electron chi connectivity index (χ2n) is 5.87. The van der Waals surface area contributed by atoms with Gasteiger partial charge in [-0.1, -0.05) is 18.2 Å². The van der Waals surface area contributed by atoms with E-state index in [0.29, 0.717) is 28.6 Å². The second-order valence-corrected chi connectivity index (χ2v) is 5.87. The summed E-state index contributed by atoms with van der Waals surface area (Å²) in [5.41, 5.74) is 1.97. The molecule has 6 heteroatoms. The SMILES string of the molecule is COc1cccc(Oc2ccc(NC(=O)c3cccc4cc[nH]c34)cn2)c1. The number of ether oxygens (including phenoxy) is 2. The summed E-state index contributed by atoms with van der Waals surface area (Å²) < 4.78 is 10.9. The predicted molar refractivity (Wildman–Crippen MR) is 104 cm³/mol. The highest BCUT2D eigenvalue weighted by molar-refractivity contribution is 6.11. The number of aromatic amines is 1. The highest BCUT2D eigenvalue weighted by Gasteiger charge is 2.11. The van der Waals surface area contributed by atoms with Crippen LogP contribution in [0.3, 0.4) is 0 Å². The van der Waals surface area contributed by atoms with Crippen molar-refractivity contribution in [2.75, 3.05) is 12.4 Å². The van der Waals surface area contributed by atoms with E-state index in [2.05, 4.69) is 15.3 Å². The van der Waals surface area contributed by atoms with Gasteiger partial charge in [-0.05, 0) is 30.3 Å². The van der Waals surface area contributed by atoms with E-state index in [1.54, 1.807) is 37.6 Å². The zero-order valence-electron chi connectivity index (χ0n) is 14.6. The van der Waals surface area contributed by atoms with Crippen LogP contribution in [0.25, 0.3) is 10.9 Å².